The summed E-state index contributed by atoms with van der Waals surface area (Å²) in [6.45, 7) is 1.29. The molecule has 0 amide bonds. The van der Waals surface area contributed by atoms with Gasteiger partial charge in [-0.1, -0.05) is 54.6 Å². The normalized spacial score (nSPS) is 11.1. The van der Waals surface area contributed by atoms with Gasteiger partial charge < -0.3 is 14.7 Å². The Bertz CT molecular complexity index is 1720. The van der Waals surface area contributed by atoms with Crippen LogP contribution in [0.4, 0.5) is 0 Å². The van der Waals surface area contributed by atoms with Crippen LogP contribution in [0.15, 0.2) is 95.5 Å². The molecular weight excluding hydrogens is 454 g/mol. The van der Waals surface area contributed by atoms with E-state index in [1.54, 1.807) is 0 Å². The molecule has 0 aliphatic heterocycles. The van der Waals surface area contributed by atoms with Crippen molar-refractivity contribution in [2.45, 2.75) is 13.0 Å². The standard InChI is InChI=1S/C30H23N3O.ClH/c31-14-13-23-19-33(18-21-6-3-5-20(15-21)17-32)28-12-11-22(16-27(23)28)24-8-4-9-26-25-7-1-2-10-29(25)34-30(24)26;/h1-12,15-16,19H,13-14,18,31H2;1H. The number of benzene rings is 4. The number of furan rings is 1. The van der Waals surface area contributed by atoms with Crippen LogP contribution < -0.4 is 5.73 Å². The summed E-state index contributed by atoms with van der Waals surface area (Å²) >= 11 is 0. The number of para-hydroxylation sites is 2. The van der Waals surface area contributed by atoms with E-state index >= 15 is 0 Å². The summed E-state index contributed by atoms with van der Waals surface area (Å²) in [4.78, 5) is 0. The zero-order chi connectivity index (χ0) is 23.1. The lowest BCUT2D eigenvalue weighted by Gasteiger charge is -2.08. The maximum absolute atomic E-state index is 9.26. The van der Waals surface area contributed by atoms with Gasteiger partial charge in [0, 0.05) is 40.0 Å². The Morgan fingerprint density at radius 3 is 2.54 bits per heavy atom. The highest BCUT2D eigenvalue weighted by Crippen LogP contribution is 2.37. The van der Waals surface area contributed by atoms with E-state index in [1.165, 1.54) is 10.9 Å². The van der Waals surface area contributed by atoms with Gasteiger partial charge in [0.25, 0.3) is 0 Å². The van der Waals surface area contributed by atoms with E-state index < -0.39 is 0 Å². The molecule has 35 heavy (non-hydrogen) atoms. The summed E-state index contributed by atoms with van der Waals surface area (Å²) in [5, 5.41) is 12.7. The van der Waals surface area contributed by atoms with Gasteiger partial charge >= 0.3 is 0 Å². The van der Waals surface area contributed by atoms with E-state index in [0.29, 0.717) is 18.7 Å². The van der Waals surface area contributed by atoms with Gasteiger partial charge in [-0.05, 0) is 60.0 Å². The van der Waals surface area contributed by atoms with Gasteiger partial charge in [0.1, 0.15) is 11.2 Å². The van der Waals surface area contributed by atoms with Crippen molar-refractivity contribution in [1.82, 2.24) is 4.57 Å². The van der Waals surface area contributed by atoms with E-state index in [-0.39, 0.29) is 12.4 Å². The third kappa shape index (κ3) is 3.95. The van der Waals surface area contributed by atoms with Crippen LogP contribution in [0.5, 0.6) is 0 Å². The Morgan fingerprint density at radius 1 is 0.857 bits per heavy atom. The van der Waals surface area contributed by atoms with Crippen molar-refractivity contribution in [2.24, 2.45) is 5.73 Å². The van der Waals surface area contributed by atoms with Gasteiger partial charge in [-0.3, -0.25) is 0 Å². The second kappa shape index (κ2) is 9.31. The predicted octanol–water partition coefficient (Wildman–Crippen LogP) is 7.05. The molecule has 6 rings (SSSR count). The van der Waals surface area contributed by atoms with Gasteiger partial charge in [-0.25, -0.2) is 0 Å². The highest BCUT2D eigenvalue weighted by Gasteiger charge is 2.15. The highest BCUT2D eigenvalue weighted by molar-refractivity contribution is 6.10. The fourth-order valence-corrected chi connectivity index (χ4v) is 4.93. The maximum Gasteiger partial charge on any atom is 0.143 e. The van der Waals surface area contributed by atoms with Crippen molar-refractivity contribution in [1.29, 1.82) is 5.26 Å². The molecule has 172 valence electrons. The molecule has 0 saturated carbocycles. The Balaban J connectivity index is 0.00000253. The first-order chi connectivity index (χ1) is 16.7. The lowest BCUT2D eigenvalue weighted by Crippen LogP contribution is -2.02. The summed E-state index contributed by atoms with van der Waals surface area (Å²) in [6.07, 6.45) is 3.00. The summed E-state index contributed by atoms with van der Waals surface area (Å²) in [5.41, 5.74) is 14.2. The number of halogens is 1. The molecule has 0 atom stereocenters. The van der Waals surface area contributed by atoms with Gasteiger partial charge in [-0.15, -0.1) is 12.4 Å². The fourth-order valence-electron chi connectivity index (χ4n) is 4.93. The Labute approximate surface area is 209 Å². The van der Waals surface area contributed by atoms with Crippen molar-refractivity contribution in [3.8, 4) is 17.2 Å². The van der Waals surface area contributed by atoms with Crippen LogP contribution in [0, 0.1) is 11.3 Å². The molecule has 0 unspecified atom stereocenters. The molecule has 0 aliphatic carbocycles. The number of nitrogens with two attached hydrogens (primary N) is 1. The third-order valence-corrected chi connectivity index (χ3v) is 6.50. The number of nitrogens with zero attached hydrogens (tertiary/aromatic N) is 2. The first-order valence-corrected chi connectivity index (χ1v) is 11.5. The first-order valence-electron chi connectivity index (χ1n) is 11.5. The molecule has 5 heteroatoms. The van der Waals surface area contributed by atoms with Gasteiger partial charge in [0.15, 0.2) is 0 Å². The molecule has 2 aromatic heterocycles. The quantitative estimate of drug-likeness (QED) is 0.289. The molecule has 0 radical (unpaired) electrons. The monoisotopic (exact) mass is 477 g/mol. The lowest BCUT2D eigenvalue weighted by atomic mass is 9.99. The van der Waals surface area contributed by atoms with Crippen LogP contribution in [0.25, 0.3) is 44.0 Å². The third-order valence-electron chi connectivity index (χ3n) is 6.50. The molecule has 0 bridgehead atoms. The molecule has 6 aromatic rings. The number of fused-ring (bicyclic) bond motifs is 4. The van der Waals surface area contributed by atoms with Crippen LogP contribution in [0.2, 0.25) is 0 Å². The zero-order valence-electron chi connectivity index (χ0n) is 19.1. The van der Waals surface area contributed by atoms with E-state index in [1.807, 2.05) is 36.4 Å². The number of rotatable bonds is 5. The van der Waals surface area contributed by atoms with E-state index in [9.17, 15) is 5.26 Å². The lowest BCUT2D eigenvalue weighted by molar-refractivity contribution is 0.670. The van der Waals surface area contributed by atoms with Crippen molar-refractivity contribution >= 4 is 45.2 Å². The summed E-state index contributed by atoms with van der Waals surface area (Å²) < 4.78 is 8.53. The van der Waals surface area contributed by atoms with E-state index in [0.717, 1.165) is 50.6 Å². The topological polar surface area (TPSA) is 67.9 Å². The number of hydrogen-bond donors (Lipinski definition) is 1. The molecule has 2 heterocycles. The average molecular weight is 478 g/mol. The van der Waals surface area contributed by atoms with Gasteiger partial charge in [0.05, 0.1) is 11.6 Å². The zero-order valence-corrected chi connectivity index (χ0v) is 19.9. The molecule has 0 saturated heterocycles. The van der Waals surface area contributed by atoms with Crippen LogP contribution >= 0.6 is 12.4 Å². The fraction of sp³-hybridized carbons (Fsp3) is 0.100. The molecule has 0 fully saturated rings. The second-order valence-electron chi connectivity index (χ2n) is 8.65. The number of nitriles is 1. The SMILES string of the molecule is Cl.N#Cc1cccc(Cn2cc(CCN)c3cc(-c4cccc5c4oc4ccccc45)ccc32)c1. The molecule has 4 nitrogen and oxygen atoms in total. The van der Waals surface area contributed by atoms with Gasteiger partial charge in [0.2, 0.25) is 0 Å². The molecule has 4 aromatic carbocycles. The minimum Gasteiger partial charge on any atom is -0.455 e. The van der Waals surface area contributed by atoms with Crippen LogP contribution in [0.1, 0.15) is 16.7 Å². The minimum absolute atomic E-state index is 0. The van der Waals surface area contributed by atoms with Crippen molar-refractivity contribution < 1.29 is 4.42 Å². The highest BCUT2D eigenvalue weighted by atomic mass is 35.5. The number of hydrogen-bond acceptors (Lipinski definition) is 3. The van der Waals surface area contributed by atoms with Crippen LogP contribution in [-0.4, -0.2) is 11.1 Å². The number of aromatic nitrogens is 1. The van der Waals surface area contributed by atoms with E-state index in [2.05, 4.69) is 65.4 Å². The molecule has 0 aliphatic rings. The predicted molar refractivity (Wildman–Crippen MR) is 145 cm³/mol. The van der Waals surface area contributed by atoms with Crippen LogP contribution in [0.3, 0.4) is 0 Å². The minimum atomic E-state index is 0. The molecule has 0 spiro atoms. The Morgan fingerprint density at radius 2 is 1.69 bits per heavy atom. The summed E-state index contributed by atoms with van der Waals surface area (Å²) in [7, 11) is 0. The largest absolute Gasteiger partial charge is 0.455 e. The Kier molecular flexibility index (Phi) is 6.05. The van der Waals surface area contributed by atoms with Gasteiger partial charge in [-0.2, -0.15) is 5.26 Å². The average Bonchev–Trinajstić information content (AvgIpc) is 3.42. The van der Waals surface area contributed by atoms with Crippen molar-refractivity contribution in [3.05, 3.63) is 108 Å². The molecular formula is C30H24ClN3O. The second-order valence-corrected chi connectivity index (χ2v) is 8.65. The maximum atomic E-state index is 9.26. The Hall–Kier alpha value is -4.04. The summed E-state index contributed by atoms with van der Waals surface area (Å²) in [6, 6.07) is 31.1. The first kappa shape index (κ1) is 22.7. The van der Waals surface area contributed by atoms with Crippen molar-refractivity contribution in [2.75, 3.05) is 6.54 Å². The smallest absolute Gasteiger partial charge is 0.143 e. The summed E-state index contributed by atoms with van der Waals surface area (Å²) in [5.74, 6) is 0. The molecule has 2 N–H and O–H groups in total. The van der Waals surface area contributed by atoms with E-state index in [4.69, 9.17) is 10.2 Å². The van der Waals surface area contributed by atoms with Crippen LogP contribution in [-0.2, 0) is 13.0 Å². The van der Waals surface area contributed by atoms with Crippen molar-refractivity contribution in [3.63, 3.8) is 0 Å².